The Morgan fingerprint density at radius 1 is 1.59 bits per heavy atom. The molecule has 1 unspecified atom stereocenters. The fraction of sp³-hybridized carbons (Fsp3) is 0.385. The highest BCUT2D eigenvalue weighted by atomic mass is 79.9. The van der Waals surface area contributed by atoms with Gasteiger partial charge < -0.3 is 0 Å². The van der Waals surface area contributed by atoms with Gasteiger partial charge in [-0.2, -0.15) is 5.26 Å². The van der Waals surface area contributed by atoms with E-state index in [1.807, 2.05) is 0 Å². The lowest BCUT2D eigenvalue weighted by atomic mass is 10.0. The van der Waals surface area contributed by atoms with Crippen molar-refractivity contribution in [1.82, 2.24) is 0 Å². The SMILES string of the molecule is N#Cc1ccc(Cl)cc1CC(Br)C(=O)C1CC1. The van der Waals surface area contributed by atoms with Crippen molar-refractivity contribution in [2.45, 2.75) is 24.1 Å². The van der Waals surface area contributed by atoms with Gasteiger partial charge in [-0.1, -0.05) is 27.5 Å². The number of carbonyl (C=O) groups excluding carboxylic acids is 1. The van der Waals surface area contributed by atoms with Crippen LogP contribution in [0.3, 0.4) is 0 Å². The van der Waals surface area contributed by atoms with Gasteiger partial charge in [-0.05, 0) is 43.0 Å². The molecule has 0 heterocycles. The fourth-order valence-electron chi connectivity index (χ4n) is 1.76. The number of hydrogen-bond donors (Lipinski definition) is 0. The van der Waals surface area contributed by atoms with Crippen LogP contribution in [-0.2, 0) is 11.2 Å². The summed E-state index contributed by atoms with van der Waals surface area (Å²) >= 11 is 9.31. The Bertz CT molecular complexity index is 491. The molecule has 1 aromatic rings. The van der Waals surface area contributed by atoms with Crippen LogP contribution in [0.5, 0.6) is 0 Å². The highest BCUT2D eigenvalue weighted by Gasteiger charge is 2.33. The zero-order valence-electron chi connectivity index (χ0n) is 9.12. The van der Waals surface area contributed by atoms with Crippen LogP contribution in [0.1, 0.15) is 24.0 Å². The number of nitrogens with zero attached hydrogens (tertiary/aromatic N) is 1. The lowest BCUT2D eigenvalue weighted by Crippen LogP contribution is -2.18. The third-order valence-electron chi connectivity index (χ3n) is 2.88. The van der Waals surface area contributed by atoms with Gasteiger partial charge in [0.25, 0.3) is 0 Å². The van der Waals surface area contributed by atoms with E-state index in [-0.39, 0.29) is 16.5 Å². The maximum absolute atomic E-state index is 11.8. The van der Waals surface area contributed by atoms with Crippen LogP contribution in [0.4, 0.5) is 0 Å². The number of rotatable bonds is 4. The molecular weight excluding hydrogens is 302 g/mol. The summed E-state index contributed by atoms with van der Waals surface area (Å²) < 4.78 is 0. The number of benzene rings is 1. The average molecular weight is 313 g/mol. The molecule has 17 heavy (non-hydrogen) atoms. The molecule has 1 aliphatic carbocycles. The van der Waals surface area contributed by atoms with E-state index < -0.39 is 0 Å². The molecule has 0 saturated heterocycles. The molecule has 0 aromatic heterocycles. The van der Waals surface area contributed by atoms with E-state index in [9.17, 15) is 4.79 Å². The van der Waals surface area contributed by atoms with Crippen molar-refractivity contribution in [3.05, 3.63) is 34.3 Å². The molecule has 0 radical (unpaired) electrons. The first-order valence-corrected chi connectivity index (χ1v) is 6.77. The summed E-state index contributed by atoms with van der Waals surface area (Å²) in [5, 5.41) is 9.58. The highest BCUT2D eigenvalue weighted by molar-refractivity contribution is 9.10. The smallest absolute Gasteiger partial charge is 0.149 e. The monoisotopic (exact) mass is 311 g/mol. The van der Waals surface area contributed by atoms with E-state index in [4.69, 9.17) is 16.9 Å². The number of hydrogen-bond acceptors (Lipinski definition) is 2. The Hall–Kier alpha value is -0.850. The molecule has 0 spiro atoms. The predicted octanol–water partition coefficient (Wildman–Crippen LogP) is 3.50. The average Bonchev–Trinajstić information content (AvgIpc) is 3.12. The second-order valence-corrected chi connectivity index (χ2v) is 5.80. The summed E-state index contributed by atoms with van der Waals surface area (Å²) in [6.45, 7) is 0. The molecule has 1 fully saturated rings. The van der Waals surface area contributed by atoms with Crippen molar-refractivity contribution in [3.63, 3.8) is 0 Å². The maximum atomic E-state index is 11.8. The molecule has 2 nitrogen and oxygen atoms in total. The van der Waals surface area contributed by atoms with Crippen molar-refractivity contribution in [2.75, 3.05) is 0 Å². The second-order valence-electron chi connectivity index (χ2n) is 4.26. The zero-order chi connectivity index (χ0) is 12.4. The van der Waals surface area contributed by atoms with E-state index in [1.54, 1.807) is 18.2 Å². The van der Waals surface area contributed by atoms with E-state index in [0.717, 1.165) is 18.4 Å². The van der Waals surface area contributed by atoms with Gasteiger partial charge in [0, 0.05) is 10.9 Å². The van der Waals surface area contributed by atoms with Crippen LogP contribution >= 0.6 is 27.5 Å². The van der Waals surface area contributed by atoms with Gasteiger partial charge in [0.2, 0.25) is 0 Å². The molecule has 0 amide bonds. The van der Waals surface area contributed by atoms with Gasteiger partial charge in [-0.25, -0.2) is 0 Å². The predicted molar refractivity (Wildman–Crippen MR) is 70.3 cm³/mol. The minimum atomic E-state index is -0.208. The zero-order valence-corrected chi connectivity index (χ0v) is 11.5. The molecule has 0 aliphatic heterocycles. The lowest BCUT2D eigenvalue weighted by Gasteiger charge is -2.09. The number of carbonyl (C=O) groups is 1. The molecule has 2 rings (SSSR count). The van der Waals surface area contributed by atoms with Gasteiger partial charge in [0.1, 0.15) is 5.78 Å². The third-order valence-corrected chi connectivity index (χ3v) is 3.89. The van der Waals surface area contributed by atoms with E-state index in [0.29, 0.717) is 17.0 Å². The Morgan fingerprint density at radius 2 is 2.29 bits per heavy atom. The van der Waals surface area contributed by atoms with E-state index in [2.05, 4.69) is 22.0 Å². The Kier molecular flexibility index (Phi) is 3.86. The van der Waals surface area contributed by atoms with Crippen molar-refractivity contribution >= 4 is 33.3 Å². The van der Waals surface area contributed by atoms with Crippen molar-refractivity contribution in [2.24, 2.45) is 5.92 Å². The Balaban J connectivity index is 2.14. The number of halogens is 2. The number of alkyl halides is 1. The van der Waals surface area contributed by atoms with Crippen LogP contribution in [-0.4, -0.2) is 10.6 Å². The van der Waals surface area contributed by atoms with Crippen LogP contribution in [0, 0.1) is 17.2 Å². The topological polar surface area (TPSA) is 40.9 Å². The summed E-state index contributed by atoms with van der Waals surface area (Å²) in [6.07, 6.45) is 2.53. The normalized spacial score (nSPS) is 16.3. The molecule has 4 heteroatoms. The quantitative estimate of drug-likeness (QED) is 0.798. The van der Waals surface area contributed by atoms with Gasteiger partial charge in [-0.3, -0.25) is 4.79 Å². The first-order valence-electron chi connectivity index (χ1n) is 5.48. The Morgan fingerprint density at radius 3 is 2.88 bits per heavy atom. The number of ketones is 1. The summed E-state index contributed by atoms with van der Waals surface area (Å²) in [7, 11) is 0. The largest absolute Gasteiger partial charge is 0.298 e. The van der Waals surface area contributed by atoms with Gasteiger partial charge in [-0.15, -0.1) is 0 Å². The van der Waals surface area contributed by atoms with Crippen LogP contribution < -0.4 is 0 Å². The van der Waals surface area contributed by atoms with Crippen molar-refractivity contribution in [3.8, 4) is 6.07 Å². The third kappa shape index (κ3) is 3.08. The molecule has 0 N–H and O–H groups in total. The molecule has 1 aromatic carbocycles. The summed E-state index contributed by atoms with van der Waals surface area (Å²) in [5.74, 6) is 0.470. The minimum absolute atomic E-state index is 0.208. The summed E-state index contributed by atoms with van der Waals surface area (Å²) in [6, 6.07) is 7.26. The number of Topliss-reactive ketones (excluding diaryl/α,β-unsaturated/α-hetero) is 1. The first kappa shape index (κ1) is 12.6. The molecule has 1 atom stereocenters. The van der Waals surface area contributed by atoms with Gasteiger partial charge >= 0.3 is 0 Å². The molecule has 88 valence electrons. The standard InChI is InChI=1S/C13H11BrClNO/c14-12(13(17)8-1-2-8)6-10-5-11(15)4-3-9(10)7-16/h3-5,8,12H,1-2,6H2. The van der Waals surface area contributed by atoms with E-state index in [1.165, 1.54) is 0 Å². The van der Waals surface area contributed by atoms with Crippen molar-refractivity contribution in [1.29, 1.82) is 5.26 Å². The second kappa shape index (κ2) is 5.20. The van der Waals surface area contributed by atoms with E-state index >= 15 is 0 Å². The molecular formula is C13H11BrClNO. The first-order chi connectivity index (χ1) is 8.11. The summed E-state index contributed by atoms with van der Waals surface area (Å²) in [5.41, 5.74) is 1.42. The maximum Gasteiger partial charge on any atom is 0.149 e. The van der Waals surface area contributed by atoms with Gasteiger partial charge in [0.15, 0.2) is 0 Å². The molecule has 0 bridgehead atoms. The summed E-state index contributed by atoms with van der Waals surface area (Å²) in [4.78, 5) is 11.6. The van der Waals surface area contributed by atoms with Crippen LogP contribution in [0.15, 0.2) is 18.2 Å². The lowest BCUT2D eigenvalue weighted by molar-refractivity contribution is -0.119. The fourth-order valence-corrected chi connectivity index (χ4v) is 2.67. The Labute approximate surface area is 114 Å². The van der Waals surface area contributed by atoms with Crippen LogP contribution in [0.2, 0.25) is 5.02 Å². The van der Waals surface area contributed by atoms with Crippen LogP contribution in [0.25, 0.3) is 0 Å². The molecule has 1 aliphatic rings. The minimum Gasteiger partial charge on any atom is -0.298 e. The highest BCUT2D eigenvalue weighted by Crippen LogP contribution is 2.33. The number of nitriles is 1. The van der Waals surface area contributed by atoms with Gasteiger partial charge in [0.05, 0.1) is 16.5 Å². The van der Waals surface area contributed by atoms with Crippen molar-refractivity contribution < 1.29 is 4.79 Å². The molecule has 1 saturated carbocycles.